The fraction of sp³-hybridized carbons (Fsp3) is 0.818. The minimum atomic E-state index is -1.49. The van der Waals surface area contributed by atoms with Crippen LogP contribution in [0.2, 0.25) is 0 Å². The molecule has 19 heavy (non-hydrogen) atoms. The van der Waals surface area contributed by atoms with E-state index in [0.29, 0.717) is 0 Å². The number of carbonyl (C=O) groups is 2. The summed E-state index contributed by atoms with van der Waals surface area (Å²) in [7, 11) is 0. The Morgan fingerprint density at radius 3 is 2.32 bits per heavy atom. The number of piperidine rings is 1. The molecular formula is C11H22ClN3O4. The number of carbonyl (C=O) groups excluding carboxylic acids is 2. The zero-order chi connectivity index (χ0) is 13.4. The fourth-order valence-electron chi connectivity index (χ4n) is 1.75. The number of hydrogen-bond acceptors (Lipinski definition) is 5. The van der Waals surface area contributed by atoms with Gasteiger partial charge in [-0.3, -0.25) is 15.0 Å². The van der Waals surface area contributed by atoms with Crippen molar-refractivity contribution in [2.45, 2.75) is 38.4 Å². The molecule has 0 aromatic carbocycles. The monoisotopic (exact) mass is 295 g/mol. The Bertz CT molecular complexity index is 283. The lowest BCUT2D eigenvalue weighted by atomic mass is 10.2. The minimum absolute atomic E-state index is 0. The Morgan fingerprint density at radius 2 is 1.74 bits per heavy atom. The molecule has 7 nitrogen and oxygen atoms in total. The molecule has 1 saturated heterocycles. The lowest BCUT2D eigenvalue weighted by molar-refractivity contribution is -0.130. The second-order valence-electron chi connectivity index (χ2n) is 4.38. The second kappa shape index (κ2) is 9.96. The van der Waals surface area contributed by atoms with Crippen molar-refractivity contribution in [1.82, 2.24) is 15.8 Å². The van der Waals surface area contributed by atoms with Crippen LogP contribution in [0.1, 0.15) is 32.1 Å². The molecule has 1 rings (SSSR count). The third-order valence-corrected chi connectivity index (χ3v) is 2.71. The van der Waals surface area contributed by atoms with Gasteiger partial charge in [-0.25, -0.2) is 5.01 Å². The van der Waals surface area contributed by atoms with Crippen LogP contribution in [-0.2, 0) is 9.59 Å². The van der Waals surface area contributed by atoms with E-state index in [2.05, 4.69) is 10.7 Å². The van der Waals surface area contributed by atoms with Crippen molar-refractivity contribution in [3.63, 3.8) is 0 Å². The van der Waals surface area contributed by atoms with Gasteiger partial charge in [0.25, 0.3) is 5.91 Å². The van der Waals surface area contributed by atoms with Crippen LogP contribution in [0, 0.1) is 0 Å². The average Bonchev–Trinajstić information content (AvgIpc) is 2.35. The fourth-order valence-corrected chi connectivity index (χ4v) is 1.75. The normalized spacial score (nSPS) is 15.7. The van der Waals surface area contributed by atoms with Gasteiger partial charge in [0.05, 0.1) is 6.54 Å². The standard InChI is InChI=1S/C11H21N3O4.ClH/c15-9(4-5-11(17)18)12-8-10(16)13-14-6-2-1-3-7-14;/h11,17-18H,1-8H2,(H,12,15)(H,13,16);1H. The van der Waals surface area contributed by atoms with Gasteiger partial charge in [-0.1, -0.05) is 6.42 Å². The summed E-state index contributed by atoms with van der Waals surface area (Å²) in [6.07, 6.45) is 1.81. The lowest BCUT2D eigenvalue weighted by Crippen LogP contribution is -2.48. The Morgan fingerprint density at radius 1 is 1.11 bits per heavy atom. The van der Waals surface area contributed by atoms with E-state index < -0.39 is 6.29 Å². The maximum Gasteiger partial charge on any atom is 0.253 e. The van der Waals surface area contributed by atoms with Crippen molar-refractivity contribution >= 4 is 24.2 Å². The zero-order valence-electron chi connectivity index (χ0n) is 10.8. The van der Waals surface area contributed by atoms with Gasteiger partial charge in [0.2, 0.25) is 5.91 Å². The maximum atomic E-state index is 11.5. The van der Waals surface area contributed by atoms with E-state index in [4.69, 9.17) is 10.2 Å². The van der Waals surface area contributed by atoms with Crippen molar-refractivity contribution < 1.29 is 19.8 Å². The number of rotatable bonds is 6. The lowest BCUT2D eigenvalue weighted by Gasteiger charge is -2.26. The molecule has 0 unspecified atom stereocenters. The third-order valence-electron chi connectivity index (χ3n) is 2.71. The van der Waals surface area contributed by atoms with E-state index in [1.165, 1.54) is 6.42 Å². The van der Waals surface area contributed by atoms with E-state index in [-0.39, 0.29) is 43.6 Å². The summed E-state index contributed by atoms with van der Waals surface area (Å²) in [4.78, 5) is 22.7. The molecule has 0 aliphatic carbocycles. The number of aliphatic hydroxyl groups excluding tert-OH is 1. The average molecular weight is 296 g/mol. The SMILES string of the molecule is Cl.O=C(CCC(O)O)NCC(=O)NN1CCCCC1. The number of nitrogens with zero attached hydrogens (tertiary/aromatic N) is 1. The van der Waals surface area contributed by atoms with E-state index in [0.717, 1.165) is 25.9 Å². The van der Waals surface area contributed by atoms with Gasteiger partial charge < -0.3 is 15.5 Å². The first kappa shape index (κ1) is 18.1. The molecule has 0 aromatic rings. The predicted octanol–water partition coefficient (Wildman–Crippen LogP) is -0.868. The molecule has 0 aromatic heterocycles. The van der Waals surface area contributed by atoms with E-state index in [1.54, 1.807) is 0 Å². The van der Waals surface area contributed by atoms with Crippen LogP contribution in [-0.4, -0.2) is 53.0 Å². The van der Waals surface area contributed by atoms with Crippen molar-refractivity contribution in [3.05, 3.63) is 0 Å². The van der Waals surface area contributed by atoms with E-state index >= 15 is 0 Å². The first-order valence-corrected chi connectivity index (χ1v) is 6.25. The van der Waals surface area contributed by atoms with Gasteiger partial charge in [-0.15, -0.1) is 12.4 Å². The first-order valence-electron chi connectivity index (χ1n) is 6.25. The number of halogens is 1. The summed E-state index contributed by atoms with van der Waals surface area (Å²) < 4.78 is 0. The molecule has 4 N–H and O–H groups in total. The quantitative estimate of drug-likeness (QED) is 0.477. The molecule has 0 bridgehead atoms. The van der Waals surface area contributed by atoms with Crippen molar-refractivity contribution in [2.75, 3.05) is 19.6 Å². The van der Waals surface area contributed by atoms with Gasteiger partial charge in [0.1, 0.15) is 0 Å². The third kappa shape index (κ3) is 8.77. The number of amides is 2. The number of hydrazine groups is 1. The van der Waals surface area contributed by atoms with Crippen LogP contribution in [0.3, 0.4) is 0 Å². The molecule has 1 heterocycles. The van der Waals surface area contributed by atoms with Crippen LogP contribution in [0.4, 0.5) is 0 Å². The molecule has 0 spiro atoms. The summed E-state index contributed by atoms with van der Waals surface area (Å²) in [6.45, 7) is 1.60. The number of hydrogen-bond donors (Lipinski definition) is 4. The largest absolute Gasteiger partial charge is 0.368 e. The molecule has 2 amide bonds. The van der Waals surface area contributed by atoms with Crippen LogP contribution >= 0.6 is 12.4 Å². The highest BCUT2D eigenvalue weighted by atomic mass is 35.5. The van der Waals surface area contributed by atoms with Crippen molar-refractivity contribution in [3.8, 4) is 0 Å². The van der Waals surface area contributed by atoms with Crippen LogP contribution < -0.4 is 10.7 Å². The van der Waals surface area contributed by atoms with Gasteiger partial charge >= 0.3 is 0 Å². The van der Waals surface area contributed by atoms with Gasteiger partial charge in [-0.2, -0.15) is 0 Å². The highest BCUT2D eigenvalue weighted by molar-refractivity contribution is 5.85. The molecule has 1 aliphatic heterocycles. The van der Waals surface area contributed by atoms with E-state index in [1.807, 2.05) is 5.01 Å². The highest BCUT2D eigenvalue weighted by Gasteiger charge is 2.13. The Kier molecular flexibility index (Phi) is 9.50. The molecule has 112 valence electrons. The molecular weight excluding hydrogens is 274 g/mol. The molecule has 0 radical (unpaired) electrons. The zero-order valence-corrected chi connectivity index (χ0v) is 11.6. The predicted molar refractivity (Wildman–Crippen MR) is 71.3 cm³/mol. The van der Waals surface area contributed by atoms with Crippen LogP contribution in [0.15, 0.2) is 0 Å². The molecule has 1 fully saturated rings. The summed E-state index contributed by atoms with van der Waals surface area (Å²) in [5.41, 5.74) is 2.72. The van der Waals surface area contributed by atoms with Gasteiger partial charge in [-0.05, 0) is 12.8 Å². The maximum absolute atomic E-state index is 11.5. The van der Waals surface area contributed by atoms with Crippen molar-refractivity contribution in [1.29, 1.82) is 0 Å². The molecule has 1 aliphatic rings. The Balaban J connectivity index is 0.00000324. The second-order valence-corrected chi connectivity index (χ2v) is 4.38. The molecule has 0 saturated carbocycles. The van der Waals surface area contributed by atoms with Gasteiger partial charge in [0.15, 0.2) is 6.29 Å². The van der Waals surface area contributed by atoms with Crippen LogP contribution in [0.5, 0.6) is 0 Å². The first-order chi connectivity index (χ1) is 8.58. The van der Waals surface area contributed by atoms with Gasteiger partial charge in [0, 0.05) is 25.9 Å². The van der Waals surface area contributed by atoms with E-state index in [9.17, 15) is 9.59 Å². The summed E-state index contributed by atoms with van der Waals surface area (Å²) in [5.74, 6) is -0.619. The Hall–Kier alpha value is -0.890. The summed E-state index contributed by atoms with van der Waals surface area (Å²) in [6, 6.07) is 0. The highest BCUT2D eigenvalue weighted by Crippen LogP contribution is 2.05. The summed E-state index contributed by atoms with van der Waals surface area (Å²) in [5, 5.41) is 21.5. The number of aliphatic hydroxyl groups is 2. The molecule has 0 atom stereocenters. The topological polar surface area (TPSA) is 102 Å². The van der Waals surface area contributed by atoms with Crippen LogP contribution in [0.25, 0.3) is 0 Å². The number of nitrogens with one attached hydrogen (secondary N) is 2. The smallest absolute Gasteiger partial charge is 0.253 e. The minimum Gasteiger partial charge on any atom is -0.368 e. The summed E-state index contributed by atoms with van der Waals surface area (Å²) >= 11 is 0. The molecule has 8 heteroatoms. The van der Waals surface area contributed by atoms with Crippen molar-refractivity contribution in [2.24, 2.45) is 0 Å². The Labute approximate surface area is 118 Å².